The topological polar surface area (TPSA) is 84.7 Å². The number of nitrogens with zero attached hydrogens (tertiary/aromatic N) is 1. The molecule has 6 heteroatoms. The van der Waals surface area contributed by atoms with E-state index < -0.39 is 12.0 Å². The van der Waals surface area contributed by atoms with Gasteiger partial charge in [0.25, 0.3) is 0 Å². The van der Waals surface area contributed by atoms with Gasteiger partial charge in [-0.2, -0.15) is 0 Å². The largest absolute Gasteiger partial charge is 0.367 e. The molecule has 0 unspecified atom stereocenters. The van der Waals surface area contributed by atoms with Gasteiger partial charge in [0.1, 0.15) is 6.10 Å². The SMILES string of the molecule is C[C@@H]1CCCN(C(=O)NC[C@@H]2CC[C@@H](C(N)=O)O2)[C@H]1C. The Bertz CT molecular complexity index is 375. The molecule has 0 bridgehead atoms. The van der Waals surface area contributed by atoms with Gasteiger partial charge in [-0.15, -0.1) is 0 Å². The molecule has 0 aromatic rings. The van der Waals surface area contributed by atoms with Crippen LogP contribution in [0.5, 0.6) is 0 Å². The number of nitrogens with one attached hydrogen (secondary N) is 1. The van der Waals surface area contributed by atoms with Crippen LogP contribution in [0.25, 0.3) is 0 Å². The maximum absolute atomic E-state index is 12.2. The van der Waals surface area contributed by atoms with E-state index in [-0.39, 0.29) is 18.2 Å². The molecular formula is C14H25N3O3. The first-order valence-corrected chi connectivity index (χ1v) is 7.48. The predicted molar refractivity (Wildman–Crippen MR) is 75.1 cm³/mol. The Labute approximate surface area is 120 Å². The van der Waals surface area contributed by atoms with Crippen molar-refractivity contribution in [1.82, 2.24) is 10.2 Å². The van der Waals surface area contributed by atoms with E-state index in [1.807, 2.05) is 4.90 Å². The number of carbonyl (C=O) groups excluding carboxylic acids is 2. The maximum Gasteiger partial charge on any atom is 0.317 e. The summed E-state index contributed by atoms with van der Waals surface area (Å²) < 4.78 is 5.50. The van der Waals surface area contributed by atoms with Crippen molar-refractivity contribution in [1.29, 1.82) is 0 Å². The fourth-order valence-electron chi connectivity index (χ4n) is 2.99. The number of ether oxygens (including phenoxy) is 1. The molecule has 20 heavy (non-hydrogen) atoms. The average molecular weight is 283 g/mol. The van der Waals surface area contributed by atoms with Gasteiger partial charge in [-0.1, -0.05) is 6.92 Å². The lowest BCUT2D eigenvalue weighted by Crippen LogP contribution is -2.51. The van der Waals surface area contributed by atoms with E-state index in [0.717, 1.165) is 19.4 Å². The summed E-state index contributed by atoms with van der Waals surface area (Å²) in [6.07, 6.45) is 3.05. The van der Waals surface area contributed by atoms with Gasteiger partial charge >= 0.3 is 6.03 Å². The zero-order chi connectivity index (χ0) is 14.7. The second kappa shape index (κ2) is 6.43. The first-order valence-electron chi connectivity index (χ1n) is 7.48. The average Bonchev–Trinajstić information content (AvgIpc) is 2.88. The lowest BCUT2D eigenvalue weighted by atomic mass is 9.92. The number of nitrogens with two attached hydrogens (primary N) is 1. The fourth-order valence-corrected chi connectivity index (χ4v) is 2.99. The van der Waals surface area contributed by atoms with Gasteiger partial charge < -0.3 is 20.7 Å². The van der Waals surface area contributed by atoms with Crippen LogP contribution in [-0.4, -0.2) is 48.2 Å². The zero-order valence-corrected chi connectivity index (χ0v) is 12.3. The number of hydrogen-bond acceptors (Lipinski definition) is 3. The van der Waals surface area contributed by atoms with Crippen LogP contribution in [0.15, 0.2) is 0 Å². The van der Waals surface area contributed by atoms with Crippen molar-refractivity contribution in [3.05, 3.63) is 0 Å². The Morgan fingerprint density at radius 3 is 2.70 bits per heavy atom. The van der Waals surface area contributed by atoms with E-state index in [0.29, 0.717) is 18.9 Å². The third kappa shape index (κ3) is 3.42. The number of urea groups is 1. The zero-order valence-electron chi connectivity index (χ0n) is 12.3. The molecule has 0 spiro atoms. The minimum atomic E-state index is -0.495. The minimum absolute atomic E-state index is 0.0322. The Balaban J connectivity index is 1.76. The van der Waals surface area contributed by atoms with Crippen molar-refractivity contribution in [2.75, 3.05) is 13.1 Å². The highest BCUT2D eigenvalue weighted by molar-refractivity contribution is 5.79. The number of primary amides is 1. The number of piperidine rings is 1. The summed E-state index contributed by atoms with van der Waals surface area (Å²) in [5.74, 6) is 0.119. The van der Waals surface area contributed by atoms with Gasteiger partial charge in [0, 0.05) is 19.1 Å². The number of amides is 3. The number of hydrogen-bond donors (Lipinski definition) is 2. The summed E-state index contributed by atoms with van der Waals surface area (Å²) in [6.45, 7) is 5.53. The molecule has 0 aliphatic carbocycles. The Morgan fingerprint density at radius 2 is 2.05 bits per heavy atom. The second-order valence-electron chi connectivity index (χ2n) is 5.97. The Hall–Kier alpha value is -1.30. The Kier molecular flexibility index (Phi) is 4.86. The minimum Gasteiger partial charge on any atom is -0.367 e. The molecule has 2 aliphatic rings. The van der Waals surface area contributed by atoms with Crippen molar-refractivity contribution in [3.63, 3.8) is 0 Å². The predicted octanol–water partition coefficient (Wildman–Crippen LogP) is 0.849. The molecule has 6 nitrogen and oxygen atoms in total. The number of carbonyl (C=O) groups is 2. The summed E-state index contributed by atoms with van der Waals surface area (Å²) in [5.41, 5.74) is 5.21. The van der Waals surface area contributed by atoms with E-state index >= 15 is 0 Å². The van der Waals surface area contributed by atoms with Crippen molar-refractivity contribution < 1.29 is 14.3 Å². The van der Waals surface area contributed by atoms with E-state index in [1.54, 1.807) is 0 Å². The van der Waals surface area contributed by atoms with Crippen LogP contribution < -0.4 is 11.1 Å². The summed E-state index contributed by atoms with van der Waals surface area (Å²) in [6, 6.07) is 0.238. The van der Waals surface area contributed by atoms with Crippen molar-refractivity contribution in [2.24, 2.45) is 11.7 Å². The van der Waals surface area contributed by atoms with Crippen molar-refractivity contribution >= 4 is 11.9 Å². The van der Waals surface area contributed by atoms with Crippen LogP contribution in [0.2, 0.25) is 0 Å². The van der Waals surface area contributed by atoms with Crippen LogP contribution in [0.3, 0.4) is 0 Å². The standard InChI is InChI=1S/C14H25N3O3/c1-9-4-3-7-17(10(9)2)14(19)16-8-11-5-6-12(20-11)13(15)18/h9-12H,3-8H2,1-2H3,(H2,15,18)(H,16,19)/t9-,10+,11+,12+/m1/s1. The van der Waals surface area contributed by atoms with Crippen LogP contribution in [0.1, 0.15) is 39.5 Å². The highest BCUT2D eigenvalue weighted by atomic mass is 16.5. The first-order chi connectivity index (χ1) is 9.49. The van der Waals surface area contributed by atoms with Gasteiger partial charge in [0.05, 0.1) is 6.10 Å². The van der Waals surface area contributed by atoms with Gasteiger partial charge in [-0.25, -0.2) is 4.79 Å². The molecular weight excluding hydrogens is 258 g/mol. The molecule has 3 N–H and O–H groups in total. The Morgan fingerprint density at radius 1 is 1.30 bits per heavy atom. The van der Waals surface area contributed by atoms with Crippen LogP contribution in [0, 0.1) is 5.92 Å². The molecule has 3 amide bonds. The number of likely N-dealkylation sites (tertiary alicyclic amines) is 1. The third-order valence-corrected chi connectivity index (χ3v) is 4.54. The molecule has 2 fully saturated rings. The van der Waals surface area contributed by atoms with Crippen molar-refractivity contribution in [3.8, 4) is 0 Å². The second-order valence-corrected chi connectivity index (χ2v) is 5.97. The monoisotopic (exact) mass is 283 g/mol. The molecule has 4 atom stereocenters. The summed E-state index contributed by atoms with van der Waals surface area (Å²) >= 11 is 0. The molecule has 0 aromatic carbocycles. The molecule has 114 valence electrons. The molecule has 2 rings (SSSR count). The molecule has 0 aromatic heterocycles. The molecule has 2 aliphatic heterocycles. The molecule has 2 heterocycles. The van der Waals surface area contributed by atoms with E-state index in [4.69, 9.17) is 10.5 Å². The highest BCUT2D eigenvalue weighted by Crippen LogP contribution is 2.23. The summed E-state index contributed by atoms with van der Waals surface area (Å²) in [4.78, 5) is 25.1. The summed E-state index contributed by atoms with van der Waals surface area (Å²) in [5, 5.41) is 2.91. The lowest BCUT2D eigenvalue weighted by Gasteiger charge is -2.38. The normalized spacial score (nSPS) is 34.0. The van der Waals surface area contributed by atoms with Gasteiger partial charge in [-0.05, 0) is 38.5 Å². The first kappa shape index (κ1) is 15.1. The van der Waals surface area contributed by atoms with E-state index in [2.05, 4.69) is 19.2 Å². The third-order valence-electron chi connectivity index (χ3n) is 4.54. The van der Waals surface area contributed by atoms with Crippen LogP contribution in [0.4, 0.5) is 4.79 Å². The fraction of sp³-hybridized carbons (Fsp3) is 0.857. The molecule has 0 radical (unpaired) electrons. The van der Waals surface area contributed by atoms with Crippen LogP contribution in [-0.2, 0) is 9.53 Å². The highest BCUT2D eigenvalue weighted by Gasteiger charge is 2.31. The number of rotatable bonds is 3. The summed E-state index contributed by atoms with van der Waals surface area (Å²) in [7, 11) is 0. The smallest absolute Gasteiger partial charge is 0.317 e. The van der Waals surface area contributed by atoms with E-state index in [1.165, 1.54) is 6.42 Å². The quantitative estimate of drug-likeness (QED) is 0.805. The van der Waals surface area contributed by atoms with Gasteiger partial charge in [0.2, 0.25) is 5.91 Å². The lowest BCUT2D eigenvalue weighted by molar-refractivity contribution is -0.128. The molecule has 0 saturated carbocycles. The maximum atomic E-state index is 12.2. The van der Waals surface area contributed by atoms with Crippen molar-refractivity contribution in [2.45, 2.75) is 57.8 Å². The van der Waals surface area contributed by atoms with E-state index in [9.17, 15) is 9.59 Å². The van der Waals surface area contributed by atoms with Gasteiger partial charge in [-0.3, -0.25) is 4.79 Å². The van der Waals surface area contributed by atoms with Crippen LogP contribution >= 0.6 is 0 Å². The molecule has 2 saturated heterocycles. The van der Waals surface area contributed by atoms with Gasteiger partial charge in [0.15, 0.2) is 0 Å².